The summed E-state index contributed by atoms with van der Waals surface area (Å²) in [6, 6.07) is 8.34. The summed E-state index contributed by atoms with van der Waals surface area (Å²) in [5.74, 6) is 1.85. The van der Waals surface area contributed by atoms with Crippen LogP contribution in [0.25, 0.3) is 0 Å². The molecule has 0 spiro atoms. The van der Waals surface area contributed by atoms with E-state index in [2.05, 4.69) is 41.3 Å². The molecule has 0 aliphatic carbocycles. The van der Waals surface area contributed by atoms with Crippen LogP contribution in [0.3, 0.4) is 0 Å². The number of hydrogen-bond donors (Lipinski definition) is 1. The van der Waals surface area contributed by atoms with Crippen LogP contribution < -0.4 is 0 Å². The molecule has 0 aliphatic heterocycles. The van der Waals surface area contributed by atoms with Crippen molar-refractivity contribution in [3.63, 3.8) is 0 Å². The normalized spacial score (nSPS) is 12.6. The van der Waals surface area contributed by atoms with Crippen molar-refractivity contribution in [1.82, 2.24) is 10.1 Å². The summed E-state index contributed by atoms with van der Waals surface area (Å²) in [5.41, 5.74) is 1.25. The summed E-state index contributed by atoms with van der Waals surface area (Å²) >= 11 is 1.67. The fourth-order valence-corrected chi connectivity index (χ4v) is 2.30. The van der Waals surface area contributed by atoms with Crippen LogP contribution >= 0.6 is 11.8 Å². The fraction of sp³-hybridized carbons (Fsp3) is 0.429. The van der Waals surface area contributed by atoms with E-state index in [9.17, 15) is 5.11 Å². The van der Waals surface area contributed by atoms with E-state index in [4.69, 9.17) is 4.52 Å². The molecule has 1 aromatic carbocycles. The molecule has 19 heavy (non-hydrogen) atoms. The number of aromatic nitrogens is 2. The second kappa shape index (κ2) is 6.73. The number of hydrogen-bond acceptors (Lipinski definition) is 5. The molecule has 2 aromatic rings. The molecule has 0 aliphatic rings. The third-order valence-corrected chi connectivity index (χ3v) is 3.79. The zero-order valence-corrected chi connectivity index (χ0v) is 12.0. The number of benzene rings is 1. The number of aryl methyl sites for hydroxylation is 1. The van der Waals surface area contributed by atoms with Gasteiger partial charge in [0.15, 0.2) is 5.82 Å². The van der Waals surface area contributed by atoms with E-state index in [0.29, 0.717) is 30.3 Å². The van der Waals surface area contributed by atoms with E-state index < -0.39 is 6.10 Å². The highest BCUT2D eigenvalue weighted by atomic mass is 32.2. The summed E-state index contributed by atoms with van der Waals surface area (Å²) in [6.45, 7) is 3.99. The van der Waals surface area contributed by atoms with E-state index in [1.165, 1.54) is 10.5 Å². The first-order chi connectivity index (χ1) is 9.17. The van der Waals surface area contributed by atoms with Gasteiger partial charge in [0.05, 0.1) is 18.3 Å². The predicted octanol–water partition coefficient (Wildman–Crippen LogP) is 2.98. The van der Waals surface area contributed by atoms with E-state index in [1.807, 2.05) is 6.92 Å². The third kappa shape index (κ3) is 4.36. The molecule has 2 rings (SSSR count). The Morgan fingerprint density at radius 3 is 2.74 bits per heavy atom. The zero-order valence-electron chi connectivity index (χ0n) is 11.2. The Morgan fingerprint density at radius 1 is 1.32 bits per heavy atom. The Labute approximate surface area is 117 Å². The summed E-state index contributed by atoms with van der Waals surface area (Å²) in [7, 11) is 0. The van der Waals surface area contributed by atoms with Crippen molar-refractivity contribution in [2.75, 3.05) is 0 Å². The first-order valence-electron chi connectivity index (χ1n) is 6.36. The second-order valence-electron chi connectivity index (χ2n) is 4.47. The summed E-state index contributed by atoms with van der Waals surface area (Å²) in [6.07, 6.45) is 0.715. The quantitative estimate of drug-likeness (QED) is 0.823. The number of aliphatic hydroxyl groups excluding tert-OH is 1. The van der Waals surface area contributed by atoms with Crippen LogP contribution in [0.1, 0.15) is 30.6 Å². The van der Waals surface area contributed by atoms with Gasteiger partial charge in [-0.05, 0) is 25.5 Å². The average molecular weight is 278 g/mol. The van der Waals surface area contributed by atoms with Gasteiger partial charge in [0.25, 0.3) is 0 Å². The lowest BCUT2D eigenvalue weighted by Gasteiger charge is -2.01. The summed E-state index contributed by atoms with van der Waals surface area (Å²) in [5, 5.41) is 13.4. The Balaban J connectivity index is 1.88. The molecule has 0 saturated carbocycles. The van der Waals surface area contributed by atoms with Crippen LogP contribution in [0.4, 0.5) is 0 Å². The van der Waals surface area contributed by atoms with Gasteiger partial charge in [0, 0.05) is 4.90 Å². The van der Waals surface area contributed by atoms with Gasteiger partial charge in [0.1, 0.15) is 0 Å². The summed E-state index contributed by atoms with van der Waals surface area (Å²) < 4.78 is 5.11. The van der Waals surface area contributed by atoms with E-state index in [0.717, 1.165) is 0 Å². The van der Waals surface area contributed by atoms with Crippen molar-refractivity contribution in [1.29, 1.82) is 0 Å². The number of nitrogens with zero attached hydrogens (tertiary/aromatic N) is 2. The molecule has 0 radical (unpaired) electrons. The number of rotatable bonds is 6. The maximum atomic E-state index is 9.52. The van der Waals surface area contributed by atoms with Gasteiger partial charge in [-0.1, -0.05) is 29.8 Å². The van der Waals surface area contributed by atoms with Crippen LogP contribution in [0.2, 0.25) is 0 Å². The highest BCUT2D eigenvalue weighted by Gasteiger charge is 2.10. The van der Waals surface area contributed by atoms with Crippen molar-refractivity contribution in [2.45, 2.75) is 43.4 Å². The minimum Gasteiger partial charge on any atom is -0.393 e. The highest BCUT2D eigenvalue weighted by Crippen LogP contribution is 2.21. The fourth-order valence-electron chi connectivity index (χ4n) is 1.56. The van der Waals surface area contributed by atoms with Crippen molar-refractivity contribution in [3.05, 3.63) is 41.5 Å². The average Bonchev–Trinajstić information content (AvgIpc) is 2.85. The van der Waals surface area contributed by atoms with Crippen LogP contribution in [0, 0.1) is 6.92 Å². The Morgan fingerprint density at radius 2 is 2.05 bits per heavy atom. The van der Waals surface area contributed by atoms with Crippen LogP contribution in [-0.4, -0.2) is 21.4 Å². The van der Waals surface area contributed by atoms with Crippen molar-refractivity contribution >= 4 is 11.8 Å². The maximum absolute atomic E-state index is 9.52. The van der Waals surface area contributed by atoms with Gasteiger partial charge in [-0.3, -0.25) is 0 Å². The number of thioether (sulfide) groups is 1. The van der Waals surface area contributed by atoms with Gasteiger partial charge >= 0.3 is 0 Å². The Kier molecular flexibility index (Phi) is 4.99. The Bertz CT molecular complexity index is 510. The van der Waals surface area contributed by atoms with Crippen LogP contribution in [-0.2, 0) is 12.2 Å². The van der Waals surface area contributed by atoms with Crippen LogP contribution in [0.15, 0.2) is 33.7 Å². The number of aliphatic hydroxyl groups is 1. The van der Waals surface area contributed by atoms with Crippen molar-refractivity contribution in [3.8, 4) is 0 Å². The molecule has 1 unspecified atom stereocenters. The largest absolute Gasteiger partial charge is 0.393 e. The summed E-state index contributed by atoms with van der Waals surface area (Å²) in [4.78, 5) is 5.46. The van der Waals surface area contributed by atoms with E-state index in [1.54, 1.807) is 11.8 Å². The standard InChI is InChI=1S/C14H18N2O2S/c1-3-11(17)8-14-15-13(16-18-14)9-19-12-6-4-10(2)5-7-12/h4-7,11,17H,3,8-9H2,1-2H3. The molecule has 5 heteroatoms. The molecule has 102 valence electrons. The SMILES string of the molecule is CCC(O)Cc1nc(CSc2ccc(C)cc2)no1. The van der Waals surface area contributed by atoms with Gasteiger partial charge in [-0.15, -0.1) is 11.8 Å². The molecule has 0 saturated heterocycles. The molecule has 1 heterocycles. The lowest BCUT2D eigenvalue weighted by atomic mass is 10.2. The molecular weight excluding hydrogens is 260 g/mol. The second-order valence-corrected chi connectivity index (χ2v) is 5.52. The smallest absolute Gasteiger partial charge is 0.229 e. The first kappa shape index (κ1) is 14.1. The molecule has 1 atom stereocenters. The first-order valence-corrected chi connectivity index (χ1v) is 7.35. The minimum atomic E-state index is -0.405. The lowest BCUT2D eigenvalue weighted by molar-refractivity contribution is 0.158. The van der Waals surface area contributed by atoms with Gasteiger partial charge in [-0.25, -0.2) is 0 Å². The molecule has 0 fully saturated rings. The van der Waals surface area contributed by atoms with Gasteiger partial charge in [0.2, 0.25) is 5.89 Å². The molecule has 0 bridgehead atoms. The Hall–Kier alpha value is -1.33. The molecule has 4 nitrogen and oxygen atoms in total. The topological polar surface area (TPSA) is 59.2 Å². The minimum absolute atomic E-state index is 0.405. The van der Waals surface area contributed by atoms with Gasteiger partial charge in [-0.2, -0.15) is 4.98 Å². The van der Waals surface area contributed by atoms with E-state index >= 15 is 0 Å². The molecule has 1 N–H and O–H groups in total. The van der Waals surface area contributed by atoms with E-state index in [-0.39, 0.29) is 0 Å². The zero-order chi connectivity index (χ0) is 13.7. The van der Waals surface area contributed by atoms with Gasteiger partial charge < -0.3 is 9.63 Å². The maximum Gasteiger partial charge on any atom is 0.229 e. The highest BCUT2D eigenvalue weighted by molar-refractivity contribution is 7.98. The molecular formula is C14H18N2O2S. The monoisotopic (exact) mass is 278 g/mol. The van der Waals surface area contributed by atoms with Crippen molar-refractivity contribution in [2.24, 2.45) is 0 Å². The van der Waals surface area contributed by atoms with Crippen LogP contribution in [0.5, 0.6) is 0 Å². The third-order valence-electron chi connectivity index (χ3n) is 2.78. The lowest BCUT2D eigenvalue weighted by Crippen LogP contribution is -2.08. The van der Waals surface area contributed by atoms with Crippen molar-refractivity contribution < 1.29 is 9.63 Å². The molecule has 0 amide bonds. The molecule has 1 aromatic heterocycles. The predicted molar refractivity (Wildman–Crippen MR) is 75.0 cm³/mol.